The van der Waals surface area contributed by atoms with Gasteiger partial charge in [-0.05, 0) is 48.0 Å². The van der Waals surface area contributed by atoms with E-state index >= 15 is 0 Å². The van der Waals surface area contributed by atoms with Crippen LogP contribution in [0.4, 0.5) is 10.1 Å². The van der Waals surface area contributed by atoms with Crippen molar-refractivity contribution in [3.63, 3.8) is 0 Å². The number of aromatic amines is 2. The highest BCUT2D eigenvalue weighted by Crippen LogP contribution is 2.35. The zero-order valence-electron chi connectivity index (χ0n) is 20.6. The SMILES string of the molecule is CC(C)C(=O)Nc1cncc(-c2ccc3[nH]nc(-c4cc5c(-c6cc(O)cc(F)c6)nccc5[nH]4)c3c2)c1. The quantitative estimate of drug-likeness (QED) is 0.220. The van der Waals surface area contributed by atoms with Crippen LogP contribution in [0, 0.1) is 11.7 Å². The number of carbonyl (C=O) groups is 1. The van der Waals surface area contributed by atoms with Crippen LogP contribution < -0.4 is 5.32 Å². The molecule has 0 saturated carbocycles. The number of benzene rings is 2. The second-order valence-corrected chi connectivity index (χ2v) is 9.44. The summed E-state index contributed by atoms with van der Waals surface area (Å²) in [7, 11) is 0. The highest BCUT2D eigenvalue weighted by atomic mass is 19.1. The van der Waals surface area contributed by atoms with E-state index in [1.807, 2.05) is 50.2 Å². The van der Waals surface area contributed by atoms with Gasteiger partial charge in [0.05, 0.1) is 28.8 Å². The molecular formula is C29H23FN6O2. The molecule has 0 saturated heterocycles. The number of hydrogen-bond acceptors (Lipinski definition) is 5. The number of aromatic nitrogens is 5. The monoisotopic (exact) mass is 506 g/mol. The van der Waals surface area contributed by atoms with Crippen LogP contribution in [-0.2, 0) is 4.79 Å². The summed E-state index contributed by atoms with van der Waals surface area (Å²) in [4.78, 5) is 24.3. The molecule has 6 rings (SSSR count). The average molecular weight is 507 g/mol. The highest BCUT2D eigenvalue weighted by Gasteiger charge is 2.16. The molecule has 1 amide bonds. The zero-order chi connectivity index (χ0) is 26.4. The first-order valence-corrected chi connectivity index (χ1v) is 12.1. The normalized spacial score (nSPS) is 11.5. The lowest BCUT2D eigenvalue weighted by Crippen LogP contribution is -2.17. The Balaban J connectivity index is 1.42. The molecule has 0 radical (unpaired) electrons. The summed E-state index contributed by atoms with van der Waals surface area (Å²) in [6, 6.07) is 15.5. The molecule has 0 aliphatic carbocycles. The molecule has 0 spiro atoms. The van der Waals surface area contributed by atoms with Crippen LogP contribution in [0.25, 0.3) is 55.6 Å². The number of rotatable bonds is 5. The summed E-state index contributed by atoms with van der Waals surface area (Å²) in [6.07, 6.45) is 5.01. The van der Waals surface area contributed by atoms with Crippen LogP contribution in [-0.4, -0.2) is 36.2 Å². The van der Waals surface area contributed by atoms with E-state index in [0.29, 0.717) is 22.6 Å². The number of pyridine rings is 2. The Hall–Kier alpha value is -5.05. The molecule has 0 fully saturated rings. The smallest absolute Gasteiger partial charge is 0.226 e. The van der Waals surface area contributed by atoms with Gasteiger partial charge < -0.3 is 15.4 Å². The summed E-state index contributed by atoms with van der Waals surface area (Å²) in [5.41, 5.74) is 6.56. The summed E-state index contributed by atoms with van der Waals surface area (Å²) in [5.74, 6) is -0.912. The number of nitrogens with one attached hydrogen (secondary N) is 3. The molecule has 9 heteroatoms. The fourth-order valence-electron chi connectivity index (χ4n) is 4.47. The lowest BCUT2D eigenvalue weighted by molar-refractivity contribution is -0.118. The molecule has 4 heterocycles. The Kier molecular flexibility index (Phi) is 5.60. The van der Waals surface area contributed by atoms with E-state index in [2.05, 4.69) is 30.5 Å². The van der Waals surface area contributed by atoms with Crippen molar-refractivity contribution in [1.29, 1.82) is 0 Å². The van der Waals surface area contributed by atoms with Gasteiger partial charge >= 0.3 is 0 Å². The van der Waals surface area contributed by atoms with E-state index < -0.39 is 5.82 Å². The van der Waals surface area contributed by atoms with Crippen molar-refractivity contribution < 1.29 is 14.3 Å². The molecule has 188 valence electrons. The summed E-state index contributed by atoms with van der Waals surface area (Å²) in [5, 5.41) is 22.1. The molecule has 6 aromatic rings. The van der Waals surface area contributed by atoms with Crippen LogP contribution >= 0.6 is 0 Å². The minimum atomic E-state index is -0.539. The van der Waals surface area contributed by atoms with Gasteiger partial charge in [0.25, 0.3) is 0 Å². The summed E-state index contributed by atoms with van der Waals surface area (Å²) < 4.78 is 14.0. The van der Waals surface area contributed by atoms with Gasteiger partial charge in [0.1, 0.15) is 17.3 Å². The average Bonchev–Trinajstić information content (AvgIpc) is 3.51. The number of aromatic hydroxyl groups is 1. The Morgan fingerprint density at radius 2 is 1.76 bits per heavy atom. The van der Waals surface area contributed by atoms with Gasteiger partial charge in [-0.1, -0.05) is 19.9 Å². The molecule has 0 bridgehead atoms. The molecule has 4 aromatic heterocycles. The maximum atomic E-state index is 14.0. The summed E-state index contributed by atoms with van der Waals surface area (Å²) >= 11 is 0. The lowest BCUT2D eigenvalue weighted by atomic mass is 10.0. The van der Waals surface area contributed by atoms with Crippen LogP contribution in [0.1, 0.15) is 13.8 Å². The third-order valence-corrected chi connectivity index (χ3v) is 6.39. The standard InChI is InChI=1S/C29H23FN6O2/c1-15(2)29(38)33-20-8-18(13-31-14-20)16-3-4-25-22(10-16)28(36-35-25)26-12-23-24(34-26)5-6-32-27(23)17-7-19(30)11-21(37)9-17/h3-15,34,37H,1-2H3,(H,33,38)(H,35,36). The van der Waals surface area contributed by atoms with E-state index in [-0.39, 0.29) is 17.6 Å². The number of nitrogens with zero attached hydrogens (tertiary/aromatic N) is 3. The predicted molar refractivity (Wildman–Crippen MR) is 145 cm³/mol. The number of phenolic OH excluding ortho intramolecular Hbond substituents is 1. The van der Waals surface area contributed by atoms with Gasteiger partial charge in [-0.2, -0.15) is 5.10 Å². The third kappa shape index (κ3) is 4.24. The number of amides is 1. The Morgan fingerprint density at radius 1 is 0.921 bits per heavy atom. The molecule has 0 atom stereocenters. The predicted octanol–water partition coefficient (Wildman–Crippen LogP) is 6.27. The zero-order valence-corrected chi connectivity index (χ0v) is 20.6. The fraction of sp³-hybridized carbons (Fsp3) is 0.103. The van der Waals surface area contributed by atoms with Gasteiger partial charge in [0, 0.05) is 51.8 Å². The number of H-pyrrole nitrogens is 2. The van der Waals surface area contributed by atoms with E-state index in [1.54, 1.807) is 18.6 Å². The van der Waals surface area contributed by atoms with E-state index in [4.69, 9.17) is 0 Å². The Morgan fingerprint density at radius 3 is 2.58 bits per heavy atom. The Labute approximate surface area is 216 Å². The number of fused-ring (bicyclic) bond motifs is 2. The maximum absolute atomic E-state index is 14.0. The largest absolute Gasteiger partial charge is 0.508 e. The van der Waals surface area contributed by atoms with Crippen molar-refractivity contribution in [3.8, 4) is 39.5 Å². The second kappa shape index (κ2) is 9.11. The van der Waals surface area contributed by atoms with E-state index in [0.717, 1.165) is 44.7 Å². The topological polar surface area (TPSA) is 120 Å². The minimum Gasteiger partial charge on any atom is -0.508 e. The third-order valence-electron chi connectivity index (χ3n) is 6.39. The second-order valence-electron chi connectivity index (χ2n) is 9.44. The van der Waals surface area contributed by atoms with Crippen molar-refractivity contribution in [2.75, 3.05) is 5.32 Å². The highest BCUT2D eigenvalue weighted by molar-refractivity contribution is 6.01. The van der Waals surface area contributed by atoms with Gasteiger partial charge in [0.15, 0.2) is 0 Å². The molecule has 8 nitrogen and oxygen atoms in total. The van der Waals surface area contributed by atoms with Crippen molar-refractivity contribution in [3.05, 3.63) is 79.0 Å². The van der Waals surface area contributed by atoms with Crippen LogP contribution in [0.15, 0.2) is 73.2 Å². The Bertz CT molecular complexity index is 1820. The molecule has 38 heavy (non-hydrogen) atoms. The molecular weight excluding hydrogens is 483 g/mol. The number of carbonyl (C=O) groups excluding carboxylic acids is 1. The van der Waals surface area contributed by atoms with Crippen LogP contribution in [0.5, 0.6) is 5.75 Å². The number of phenols is 1. The fourth-order valence-corrected chi connectivity index (χ4v) is 4.47. The molecule has 4 N–H and O–H groups in total. The first-order valence-electron chi connectivity index (χ1n) is 12.1. The number of anilines is 1. The van der Waals surface area contributed by atoms with E-state index in [9.17, 15) is 14.3 Å². The first-order chi connectivity index (χ1) is 18.4. The first kappa shape index (κ1) is 23.4. The van der Waals surface area contributed by atoms with Crippen molar-refractivity contribution in [2.45, 2.75) is 13.8 Å². The van der Waals surface area contributed by atoms with Crippen LogP contribution in [0.2, 0.25) is 0 Å². The molecule has 0 unspecified atom stereocenters. The van der Waals surface area contributed by atoms with Crippen molar-refractivity contribution >= 4 is 33.4 Å². The van der Waals surface area contributed by atoms with Gasteiger partial charge in [0.2, 0.25) is 5.91 Å². The number of hydrogen-bond donors (Lipinski definition) is 4. The van der Waals surface area contributed by atoms with Crippen LogP contribution in [0.3, 0.4) is 0 Å². The lowest BCUT2D eigenvalue weighted by Gasteiger charge is -2.09. The summed E-state index contributed by atoms with van der Waals surface area (Å²) in [6.45, 7) is 3.68. The van der Waals surface area contributed by atoms with Crippen molar-refractivity contribution in [1.82, 2.24) is 25.1 Å². The molecule has 0 aliphatic rings. The maximum Gasteiger partial charge on any atom is 0.226 e. The molecule has 0 aliphatic heterocycles. The van der Waals surface area contributed by atoms with Gasteiger partial charge in [-0.3, -0.25) is 19.9 Å². The van der Waals surface area contributed by atoms with E-state index in [1.165, 1.54) is 12.1 Å². The molecule has 2 aromatic carbocycles. The van der Waals surface area contributed by atoms with Crippen molar-refractivity contribution in [2.24, 2.45) is 5.92 Å². The van der Waals surface area contributed by atoms with Gasteiger partial charge in [-0.15, -0.1) is 0 Å². The minimum absolute atomic E-state index is 0.0716. The van der Waals surface area contributed by atoms with Gasteiger partial charge in [-0.25, -0.2) is 4.39 Å². The number of halogens is 1.